The second kappa shape index (κ2) is 4.77. The number of carbonyl (C=O) groups is 1. The fraction of sp³-hybridized carbons (Fsp3) is 0.750. The first-order valence-corrected chi connectivity index (χ1v) is 7.66. The molecule has 0 amide bonds. The number of fused-ring (bicyclic) bond motifs is 1. The lowest BCUT2D eigenvalue weighted by atomic mass is 9.76. The van der Waals surface area contributed by atoms with Crippen LogP contribution in [0.2, 0.25) is 0 Å². The third kappa shape index (κ3) is 2.47. The van der Waals surface area contributed by atoms with Crippen molar-refractivity contribution in [2.24, 2.45) is 5.41 Å². The zero-order chi connectivity index (χ0) is 13.5. The van der Waals surface area contributed by atoms with E-state index in [4.69, 9.17) is 0 Å². The van der Waals surface area contributed by atoms with Gasteiger partial charge in [0.2, 0.25) is 0 Å². The summed E-state index contributed by atoms with van der Waals surface area (Å²) in [5.41, 5.74) is 2.18. The molecule has 1 fully saturated rings. The third-order valence-electron chi connectivity index (χ3n) is 4.65. The molecule has 0 saturated heterocycles. The molecule has 3 rings (SSSR count). The molecular formula is C16H24N2O. The Morgan fingerprint density at radius 3 is 2.53 bits per heavy atom. The monoisotopic (exact) mass is 260 g/mol. The fourth-order valence-electron chi connectivity index (χ4n) is 3.66. The molecular weight excluding hydrogens is 236 g/mol. The Hall–Kier alpha value is -1.12. The zero-order valence-electron chi connectivity index (χ0n) is 12.1. The molecule has 0 spiro atoms. The lowest BCUT2D eigenvalue weighted by molar-refractivity contribution is 0.0909. The fourth-order valence-corrected chi connectivity index (χ4v) is 3.66. The van der Waals surface area contributed by atoms with Gasteiger partial charge in [0.05, 0.1) is 23.5 Å². The van der Waals surface area contributed by atoms with Crippen LogP contribution in [0.3, 0.4) is 0 Å². The molecule has 2 aliphatic rings. The van der Waals surface area contributed by atoms with E-state index in [1.165, 1.54) is 44.2 Å². The van der Waals surface area contributed by atoms with Gasteiger partial charge in [-0.15, -0.1) is 0 Å². The summed E-state index contributed by atoms with van der Waals surface area (Å²) in [6, 6.07) is 0.521. The van der Waals surface area contributed by atoms with Crippen molar-refractivity contribution in [3.8, 4) is 0 Å². The van der Waals surface area contributed by atoms with Gasteiger partial charge in [0.25, 0.3) is 0 Å². The number of Topliss-reactive ketones (excluding diaryl/α,β-unsaturated/α-hetero) is 1. The molecule has 19 heavy (non-hydrogen) atoms. The molecule has 0 bridgehead atoms. The summed E-state index contributed by atoms with van der Waals surface area (Å²) in [4.78, 5) is 12.2. The third-order valence-corrected chi connectivity index (χ3v) is 4.65. The van der Waals surface area contributed by atoms with Gasteiger partial charge < -0.3 is 0 Å². The molecule has 0 unspecified atom stereocenters. The van der Waals surface area contributed by atoms with E-state index in [0.717, 1.165) is 12.0 Å². The van der Waals surface area contributed by atoms with Crippen molar-refractivity contribution in [3.05, 3.63) is 17.5 Å². The van der Waals surface area contributed by atoms with Gasteiger partial charge in [0.1, 0.15) is 0 Å². The quantitative estimate of drug-likeness (QED) is 0.717. The molecule has 104 valence electrons. The second-order valence-electron chi connectivity index (χ2n) is 7.04. The van der Waals surface area contributed by atoms with Gasteiger partial charge in [-0.3, -0.25) is 9.48 Å². The van der Waals surface area contributed by atoms with Gasteiger partial charge in [-0.05, 0) is 24.7 Å². The topological polar surface area (TPSA) is 34.9 Å². The summed E-state index contributed by atoms with van der Waals surface area (Å²) in [6.45, 7) is 4.39. The highest BCUT2D eigenvalue weighted by Gasteiger charge is 2.34. The molecule has 0 radical (unpaired) electrons. The summed E-state index contributed by atoms with van der Waals surface area (Å²) in [5, 5.41) is 4.57. The van der Waals surface area contributed by atoms with Crippen LogP contribution in [0.1, 0.15) is 80.9 Å². The smallest absolute Gasteiger partial charge is 0.166 e. The number of hydrogen-bond acceptors (Lipinski definition) is 2. The summed E-state index contributed by atoms with van der Waals surface area (Å²) < 4.78 is 2.19. The molecule has 2 aliphatic carbocycles. The Bertz CT molecular complexity index is 479. The van der Waals surface area contributed by atoms with E-state index < -0.39 is 0 Å². The molecule has 3 nitrogen and oxygen atoms in total. The van der Waals surface area contributed by atoms with Gasteiger partial charge in [0.15, 0.2) is 5.78 Å². The number of ketones is 1. The lowest BCUT2D eigenvalue weighted by Crippen LogP contribution is -2.29. The average Bonchev–Trinajstić information content (AvgIpc) is 2.58. The predicted octanol–water partition coefficient (Wildman–Crippen LogP) is 3.93. The molecule has 0 aromatic carbocycles. The molecule has 0 atom stereocenters. The molecule has 0 N–H and O–H groups in total. The van der Waals surface area contributed by atoms with Gasteiger partial charge in [-0.25, -0.2) is 0 Å². The number of hydrogen-bond donors (Lipinski definition) is 0. The number of rotatable bonds is 1. The molecule has 1 aromatic heterocycles. The average molecular weight is 260 g/mol. The highest BCUT2D eigenvalue weighted by Crippen LogP contribution is 2.37. The Labute approximate surface area is 115 Å². The first kappa shape index (κ1) is 12.9. The van der Waals surface area contributed by atoms with Crippen molar-refractivity contribution in [2.75, 3.05) is 0 Å². The van der Waals surface area contributed by atoms with Gasteiger partial charge >= 0.3 is 0 Å². The van der Waals surface area contributed by atoms with Crippen molar-refractivity contribution in [1.82, 2.24) is 9.78 Å². The first-order valence-electron chi connectivity index (χ1n) is 7.66. The van der Waals surface area contributed by atoms with Crippen LogP contribution >= 0.6 is 0 Å². The van der Waals surface area contributed by atoms with E-state index in [1.54, 1.807) is 0 Å². The van der Waals surface area contributed by atoms with E-state index in [9.17, 15) is 4.79 Å². The van der Waals surface area contributed by atoms with Crippen LogP contribution < -0.4 is 0 Å². The van der Waals surface area contributed by atoms with Crippen LogP contribution in [0, 0.1) is 5.41 Å². The van der Waals surface area contributed by atoms with E-state index in [1.807, 2.05) is 6.20 Å². The Balaban J connectivity index is 1.93. The maximum atomic E-state index is 12.2. The van der Waals surface area contributed by atoms with Crippen molar-refractivity contribution in [3.63, 3.8) is 0 Å². The maximum absolute atomic E-state index is 12.2. The minimum Gasteiger partial charge on any atom is -0.294 e. The number of nitrogens with zero attached hydrogens (tertiary/aromatic N) is 2. The zero-order valence-corrected chi connectivity index (χ0v) is 12.1. The Morgan fingerprint density at radius 1 is 1.16 bits per heavy atom. The highest BCUT2D eigenvalue weighted by molar-refractivity contribution is 5.98. The summed E-state index contributed by atoms with van der Waals surface area (Å²) in [7, 11) is 0. The summed E-state index contributed by atoms with van der Waals surface area (Å²) >= 11 is 0. The second-order valence-corrected chi connectivity index (χ2v) is 7.04. The maximum Gasteiger partial charge on any atom is 0.166 e. The molecule has 3 heteroatoms. The van der Waals surface area contributed by atoms with Gasteiger partial charge in [-0.1, -0.05) is 39.5 Å². The Morgan fingerprint density at radius 2 is 1.84 bits per heavy atom. The standard InChI is InChI=1S/C16H24N2O/c1-16(2)9-14-13(15(19)10-16)11-17-18(14)12-7-5-3-4-6-8-12/h11-12H,3-10H2,1-2H3. The van der Waals surface area contributed by atoms with E-state index in [2.05, 4.69) is 23.6 Å². The van der Waals surface area contributed by atoms with Crippen molar-refractivity contribution in [1.29, 1.82) is 0 Å². The molecule has 1 aromatic rings. The van der Waals surface area contributed by atoms with E-state index >= 15 is 0 Å². The molecule has 0 aliphatic heterocycles. The normalized spacial score (nSPS) is 24.0. The summed E-state index contributed by atoms with van der Waals surface area (Å²) in [6.07, 6.45) is 11.2. The van der Waals surface area contributed by atoms with Crippen LogP contribution in [0.5, 0.6) is 0 Å². The lowest BCUT2D eigenvalue weighted by Gasteiger charge is -2.30. The van der Waals surface area contributed by atoms with Crippen LogP contribution in [0.4, 0.5) is 0 Å². The molecule has 1 heterocycles. The summed E-state index contributed by atoms with van der Waals surface area (Å²) in [5.74, 6) is 0.283. The Kier molecular flexibility index (Phi) is 3.23. The van der Waals surface area contributed by atoms with Gasteiger partial charge in [0, 0.05) is 6.42 Å². The van der Waals surface area contributed by atoms with Crippen molar-refractivity contribution >= 4 is 5.78 Å². The van der Waals surface area contributed by atoms with Crippen LogP contribution in [0.15, 0.2) is 6.20 Å². The molecule has 1 saturated carbocycles. The van der Waals surface area contributed by atoms with Crippen molar-refractivity contribution in [2.45, 2.75) is 71.3 Å². The minimum absolute atomic E-state index is 0.0899. The van der Waals surface area contributed by atoms with Gasteiger partial charge in [-0.2, -0.15) is 5.10 Å². The SMILES string of the molecule is CC1(C)CC(=O)c2cnn(C3CCCCCC3)c2C1. The predicted molar refractivity (Wildman–Crippen MR) is 75.4 cm³/mol. The minimum atomic E-state index is 0.0899. The van der Waals surface area contributed by atoms with E-state index in [-0.39, 0.29) is 11.2 Å². The van der Waals surface area contributed by atoms with E-state index in [0.29, 0.717) is 12.5 Å². The van der Waals surface area contributed by atoms with Crippen molar-refractivity contribution < 1.29 is 4.79 Å². The first-order chi connectivity index (χ1) is 9.07. The number of carbonyl (C=O) groups excluding carboxylic acids is 1. The highest BCUT2D eigenvalue weighted by atomic mass is 16.1. The largest absolute Gasteiger partial charge is 0.294 e. The van der Waals surface area contributed by atoms with Crippen LogP contribution in [0.25, 0.3) is 0 Å². The number of aromatic nitrogens is 2. The van der Waals surface area contributed by atoms with Crippen LogP contribution in [-0.4, -0.2) is 15.6 Å². The van der Waals surface area contributed by atoms with Crippen LogP contribution in [-0.2, 0) is 6.42 Å².